The van der Waals surface area contributed by atoms with Gasteiger partial charge in [-0.3, -0.25) is 0 Å². The monoisotopic (exact) mass is 598 g/mol. The predicted molar refractivity (Wildman–Crippen MR) is 190 cm³/mol. The summed E-state index contributed by atoms with van der Waals surface area (Å²) >= 11 is 6.23. The highest BCUT2D eigenvalue weighted by Crippen LogP contribution is 2.44. The fourth-order valence-corrected chi connectivity index (χ4v) is 7.25. The molecule has 0 aromatic heterocycles. The highest BCUT2D eigenvalue weighted by Gasteiger charge is 2.27. The van der Waals surface area contributed by atoms with Gasteiger partial charge in [-0.15, -0.1) is 11.6 Å². The maximum absolute atomic E-state index is 6.23. The van der Waals surface area contributed by atoms with Gasteiger partial charge < -0.3 is 0 Å². The van der Waals surface area contributed by atoms with Crippen LogP contribution in [0.3, 0.4) is 0 Å². The lowest BCUT2D eigenvalue weighted by Crippen LogP contribution is -2.15. The van der Waals surface area contributed by atoms with Crippen molar-refractivity contribution in [2.24, 2.45) is 0 Å². The molecule has 0 nitrogen and oxygen atoms in total. The van der Waals surface area contributed by atoms with E-state index in [0.717, 1.165) is 32.1 Å². The first-order valence-corrected chi connectivity index (χ1v) is 17.0. The summed E-state index contributed by atoms with van der Waals surface area (Å²) in [5.74, 6) is 2.90. The van der Waals surface area contributed by atoms with Gasteiger partial charge in [-0.1, -0.05) is 159 Å². The average Bonchev–Trinajstić information content (AvgIpc) is 3.10. The molecule has 5 aromatic rings. The summed E-state index contributed by atoms with van der Waals surface area (Å²) in [7, 11) is 0. The van der Waals surface area contributed by atoms with Crippen LogP contribution in [0.15, 0.2) is 146 Å². The van der Waals surface area contributed by atoms with Gasteiger partial charge in [-0.2, -0.15) is 0 Å². The Morgan fingerprint density at radius 1 is 0.409 bits per heavy atom. The fourth-order valence-electron chi connectivity index (χ4n) is 7.07. The lowest BCUT2D eigenvalue weighted by atomic mass is 9.73. The summed E-state index contributed by atoms with van der Waals surface area (Å²) in [6.45, 7) is 4.74. The van der Waals surface area contributed by atoms with Crippen molar-refractivity contribution >= 4 is 11.6 Å². The molecule has 1 heteroatoms. The van der Waals surface area contributed by atoms with Crippen molar-refractivity contribution in [3.05, 3.63) is 179 Å². The largest absolute Gasteiger partial charge is 0.122 e. The topological polar surface area (TPSA) is 0 Å². The summed E-state index contributed by atoms with van der Waals surface area (Å²) in [5.41, 5.74) is 8.40. The molecule has 0 aliphatic heterocycles. The van der Waals surface area contributed by atoms with Crippen LogP contribution in [-0.2, 0) is 5.88 Å². The number of rotatable bonds is 15. The summed E-state index contributed by atoms with van der Waals surface area (Å²) in [4.78, 5) is 0. The fraction of sp³-hybridized carbons (Fsp3) is 0.302. The van der Waals surface area contributed by atoms with E-state index in [1.807, 2.05) is 0 Å². The number of alkyl halides is 1. The Balaban J connectivity index is 1.50. The number of benzene rings is 5. The van der Waals surface area contributed by atoms with Gasteiger partial charge in [0, 0.05) is 5.88 Å². The van der Waals surface area contributed by atoms with E-state index in [1.54, 1.807) is 0 Å². The van der Waals surface area contributed by atoms with Gasteiger partial charge in [0.15, 0.2) is 0 Å². The van der Waals surface area contributed by atoms with Gasteiger partial charge in [0.2, 0.25) is 0 Å². The molecule has 226 valence electrons. The molecule has 0 fully saturated rings. The maximum Gasteiger partial charge on any atom is 0.0474 e. The van der Waals surface area contributed by atoms with E-state index >= 15 is 0 Å². The summed E-state index contributed by atoms with van der Waals surface area (Å²) in [6, 6.07) is 53.8. The van der Waals surface area contributed by atoms with Gasteiger partial charge in [-0.25, -0.2) is 0 Å². The normalized spacial score (nSPS) is 14.8. The third-order valence-electron chi connectivity index (χ3n) is 9.62. The van der Waals surface area contributed by atoms with Gasteiger partial charge in [-0.05, 0) is 95.1 Å². The summed E-state index contributed by atoms with van der Waals surface area (Å²) < 4.78 is 0. The van der Waals surface area contributed by atoms with Crippen LogP contribution in [0.25, 0.3) is 0 Å². The molecule has 44 heavy (non-hydrogen) atoms. The first kappa shape index (κ1) is 31.8. The minimum atomic E-state index is 0.422. The van der Waals surface area contributed by atoms with E-state index in [2.05, 4.69) is 159 Å². The van der Waals surface area contributed by atoms with Crippen LogP contribution in [0.5, 0.6) is 0 Å². The Morgan fingerprint density at radius 2 is 0.750 bits per heavy atom. The molecule has 0 saturated heterocycles. The van der Waals surface area contributed by atoms with E-state index in [4.69, 9.17) is 11.6 Å². The number of hydrogen-bond acceptors (Lipinski definition) is 0. The first-order chi connectivity index (χ1) is 21.6. The van der Waals surface area contributed by atoms with Crippen molar-refractivity contribution in [1.29, 1.82) is 0 Å². The molecule has 5 aromatic carbocycles. The number of hydrogen-bond donors (Lipinski definition) is 0. The molecule has 0 heterocycles. The van der Waals surface area contributed by atoms with Crippen LogP contribution in [0.2, 0.25) is 0 Å². The minimum absolute atomic E-state index is 0.422. The van der Waals surface area contributed by atoms with Crippen LogP contribution in [-0.4, -0.2) is 0 Å². The zero-order chi connectivity index (χ0) is 30.6. The van der Waals surface area contributed by atoms with Crippen molar-refractivity contribution in [2.45, 2.75) is 81.4 Å². The quantitative estimate of drug-likeness (QED) is 0.105. The third-order valence-corrected chi connectivity index (χ3v) is 9.93. The average molecular weight is 599 g/mol. The third kappa shape index (κ3) is 8.73. The minimum Gasteiger partial charge on any atom is -0.122 e. The van der Waals surface area contributed by atoms with Crippen LogP contribution in [0, 0.1) is 0 Å². The zero-order valence-electron chi connectivity index (χ0n) is 26.4. The summed E-state index contributed by atoms with van der Waals surface area (Å²) in [5, 5.41) is 0. The zero-order valence-corrected chi connectivity index (χ0v) is 27.1. The van der Waals surface area contributed by atoms with Crippen molar-refractivity contribution in [3.63, 3.8) is 0 Å². The van der Waals surface area contributed by atoms with Crippen molar-refractivity contribution in [1.82, 2.24) is 0 Å². The van der Waals surface area contributed by atoms with E-state index in [-0.39, 0.29) is 0 Å². The molecule has 5 atom stereocenters. The van der Waals surface area contributed by atoms with Crippen molar-refractivity contribution < 1.29 is 0 Å². The summed E-state index contributed by atoms with van der Waals surface area (Å²) in [6.07, 6.45) is 5.66. The predicted octanol–water partition coefficient (Wildman–Crippen LogP) is 12.6. The van der Waals surface area contributed by atoms with E-state index in [1.165, 1.54) is 33.4 Å². The Kier molecular flexibility index (Phi) is 11.9. The molecule has 0 saturated carbocycles. The van der Waals surface area contributed by atoms with Crippen LogP contribution in [0.1, 0.15) is 109 Å². The van der Waals surface area contributed by atoms with E-state index in [0.29, 0.717) is 35.5 Å². The van der Waals surface area contributed by atoms with Crippen LogP contribution >= 0.6 is 11.6 Å². The molecule has 0 aliphatic carbocycles. The molecule has 0 radical (unpaired) electrons. The Bertz CT molecular complexity index is 1480. The Labute approximate surface area is 271 Å². The van der Waals surface area contributed by atoms with Gasteiger partial charge >= 0.3 is 0 Å². The van der Waals surface area contributed by atoms with Crippen molar-refractivity contribution in [3.8, 4) is 0 Å². The molecule has 5 rings (SSSR count). The second kappa shape index (κ2) is 16.5. The maximum atomic E-state index is 6.23. The molecule has 0 bridgehead atoms. The Hall–Kier alpha value is -3.61. The number of halogens is 1. The van der Waals surface area contributed by atoms with Crippen LogP contribution in [0.4, 0.5) is 0 Å². The lowest BCUT2D eigenvalue weighted by molar-refractivity contribution is 0.406. The molecule has 0 spiro atoms. The lowest BCUT2D eigenvalue weighted by Gasteiger charge is -2.31. The first-order valence-electron chi connectivity index (χ1n) is 16.5. The van der Waals surface area contributed by atoms with Crippen molar-refractivity contribution in [2.75, 3.05) is 0 Å². The van der Waals surface area contributed by atoms with Gasteiger partial charge in [0.1, 0.15) is 0 Å². The van der Waals surface area contributed by atoms with Gasteiger partial charge in [0.25, 0.3) is 0 Å². The molecular weight excluding hydrogens is 552 g/mol. The molecule has 0 amide bonds. The molecule has 0 N–H and O–H groups in total. The Morgan fingerprint density at radius 3 is 1.16 bits per heavy atom. The highest BCUT2D eigenvalue weighted by molar-refractivity contribution is 6.17. The SMILES string of the molecule is CCC(CC(CC(CC(CC(C)c1ccccc1)c1ccccc1)c1ccc(CCl)cc1)c1ccccc1)c1ccccc1. The molecular formula is C43H47Cl. The molecule has 5 unspecified atom stereocenters. The second-order valence-electron chi connectivity index (χ2n) is 12.6. The second-order valence-corrected chi connectivity index (χ2v) is 12.8. The standard InChI is InChI=1S/C43H47Cl/c1-3-35(37-18-10-5-11-19-37)29-42(39-22-14-7-15-23-39)31-43(40-26-24-34(32-44)25-27-40)30-41(38-20-12-6-13-21-38)28-33(2)36-16-8-4-9-17-36/h4-27,33,35,41-43H,3,28-32H2,1-2H3. The highest BCUT2D eigenvalue weighted by atomic mass is 35.5. The van der Waals surface area contributed by atoms with Gasteiger partial charge in [0.05, 0.1) is 0 Å². The van der Waals surface area contributed by atoms with Crippen LogP contribution < -0.4 is 0 Å². The van der Waals surface area contributed by atoms with E-state index < -0.39 is 0 Å². The molecule has 0 aliphatic rings. The van der Waals surface area contributed by atoms with E-state index in [9.17, 15) is 0 Å². The smallest absolute Gasteiger partial charge is 0.0474 e.